The number of methoxy groups -OCH3 is 1. The molecule has 10 heteroatoms. The van der Waals surface area contributed by atoms with Crippen LogP contribution in [-0.2, 0) is 24.2 Å². The minimum Gasteiger partial charge on any atom is -0.491 e. The van der Waals surface area contributed by atoms with E-state index in [2.05, 4.69) is 15.5 Å². The molecule has 0 radical (unpaired) electrons. The zero-order chi connectivity index (χ0) is 28.3. The van der Waals surface area contributed by atoms with E-state index in [1.807, 2.05) is 60.7 Å². The van der Waals surface area contributed by atoms with Crippen LogP contribution in [0, 0.1) is 0 Å². The smallest absolute Gasteiger partial charge is 0.433 e. The quantitative estimate of drug-likeness (QED) is 0.292. The highest BCUT2D eigenvalue weighted by atomic mass is 16.5. The Balaban J connectivity index is 1.49. The van der Waals surface area contributed by atoms with Gasteiger partial charge in [0.2, 0.25) is 0 Å². The molecule has 0 saturated heterocycles. The summed E-state index contributed by atoms with van der Waals surface area (Å²) in [4.78, 5) is 34.2. The molecular formula is C31H27N5O5. The van der Waals surface area contributed by atoms with Crippen molar-refractivity contribution in [2.75, 3.05) is 18.7 Å². The maximum absolute atomic E-state index is 14.2. The molecule has 2 amide bonds. The number of pyridine rings is 1. The standard InChI is InChI=1S/C31H27N5O5/c1-40-31(39)36(21-12-6-3-7-13-21)33-30(38)27-22-14-8-9-15-25(22)32-28(20-10-4-2-5-11-20)24(27)18-35-17-16-23-26(19-35)41-34-29(23)37/h2-15H,16-19H2,1H3,(H,33,38)(H,34,37). The van der Waals surface area contributed by atoms with Gasteiger partial charge in [0.15, 0.2) is 5.76 Å². The predicted molar refractivity (Wildman–Crippen MR) is 152 cm³/mol. The van der Waals surface area contributed by atoms with Gasteiger partial charge in [-0.25, -0.2) is 9.78 Å². The third-order valence-corrected chi connectivity index (χ3v) is 7.13. The van der Waals surface area contributed by atoms with Gasteiger partial charge in [0.1, 0.15) is 0 Å². The third-order valence-electron chi connectivity index (χ3n) is 7.13. The first-order valence-corrected chi connectivity index (χ1v) is 13.1. The predicted octanol–water partition coefficient (Wildman–Crippen LogP) is 5.07. The van der Waals surface area contributed by atoms with Gasteiger partial charge in [0, 0.05) is 29.6 Å². The van der Waals surface area contributed by atoms with E-state index >= 15 is 0 Å². The second-order valence-electron chi connectivity index (χ2n) is 9.65. The van der Waals surface area contributed by atoms with Crippen LogP contribution in [0.4, 0.5) is 10.5 Å². The molecule has 206 valence electrons. The van der Waals surface area contributed by atoms with Crippen LogP contribution in [0.25, 0.3) is 22.2 Å². The van der Waals surface area contributed by atoms with E-state index in [1.54, 1.807) is 24.3 Å². The molecule has 6 rings (SSSR count). The maximum atomic E-state index is 14.2. The first kappa shape index (κ1) is 26.0. The normalized spacial score (nSPS) is 13.0. The zero-order valence-corrected chi connectivity index (χ0v) is 22.3. The van der Waals surface area contributed by atoms with Gasteiger partial charge in [-0.1, -0.05) is 66.7 Å². The molecule has 0 aliphatic carbocycles. The number of amides is 2. The fraction of sp³-hybridized carbons (Fsp3) is 0.161. The summed E-state index contributed by atoms with van der Waals surface area (Å²) in [5.41, 5.74) is 7.17. The second-order valence-corrected chi connectivity index (χ2v) is 9.65. The van der Waals surface area contributed by atoms with Crippen LogP contribution < -0.4 is 10.4 Å². The number of aromatic nitrogens is 2. The van der Waals surface area contributed by atoms with E-state index in [1.165, 1.54) is 7.11 Å². The zero-order valence-electron chi connectivity index (χ0n) is 22.3. The maximum Gasteiger partial charge on any atom is 0.433 e. The molecular weight excluding hydrogens is 522 g/mol. The van der Waals surface area contributed by atoms with E-state index in [4.69, 9.17) is 14.2 Å². The van der Waals surface area contributed by atoms with Crippen molar-refractivity contribution in [1.29, 1.82) is 0 Å². The summed E-state index contributed by atoms with van der Waals surface area (Å²) < 4.78 is 10.3. The molecule has 2 N–H and O–H groups in total. The summed E-state index contributed by atoms with van der Waals surface area (Å²) in [5.74, 6) is 0.0247. The Morgan fingerprint density at radius 1 is 1.02 bits per heavy atom. The van der Waals surface area contributed by atoms with E-state index in [0.29, 0.717) is 70.8 Å². The molecule has 0 fully saturated rings. The Labute approximate surface area is 235 Å². The molecule has 41 heavy (non-hydrogen) atoms. The number of para-hydroxylation sites is 2. The average molecular weight is 550 g/mol. The van der Waals surface area contributed by atoms with Crippen LogP contribution in [0.1, 0.15) is 27.2 Å². The summed E-state index contributed by atoms with van der Waals surface area (Å²) in [6.45, 7) is 1.38. The number of hydrazine groups is 1. The lowest BCUT2D eigenvalue weighted by atomic mass is 9.95. The number of benzene rings is 3. The number of fused-ring (bicyclic) bond motifs is 2. The highest BCUT2D eigenvalue weighted by molar-refractivity contribution is 6.10. The summed E-state index contributed by atoms with van der Waals surface area (Å²) in [6.07, 6.45) is -0.181. The van der Waals surface area contributed by atoms with Gasteiger partial charge in [-0.2, -0.15) is 5.01 Å². The molecule has 0 atom stereocenters. The lowest BCUT2D eigenvalue weighted by Crippen LogP contribution is -2.47. The van der Waals surface area contributed by atoms with E-state index < -0.39 is 12.0 Å². The van der Waals surface area contributed by atoms with Crippen molar-refractivity contribution in [3.63, 3.8) is 0 Å². The number of nitrogens with zero attached hydrogens (tertiary/aromatic N) is 4. The number of rotatable bonds is 5. The Morgan fingerprint density at radius 3 is 2.49 bits per heavy atom. The molecule has 0 bridgehead atoms. The molecule has 5 aromatic rings. The van der Waals surface area contributed by atoms with Crippen LogP contribution in [0.5, 0.6) is 5.88 Å². The van der Waals surface area contributed by atoms with Crippen LogP contribution in [0.3, 0.4) is 0 Å². The Hall–Kier alpha value is -5.22. The molecule has 0 saturated carbocycles. The number of carbonyl (C=O) groups excluding carboxylic acids is 2. The lowest BCUT2D eigenvalue weighted by Gasteiger charge is -2.28. The minimum atomic E-state index is -0.735. The first-order valence-electron chi connectivity index (χ1n) is 13.1. The Bertz CT molecular complexity index is 1720. The summed E-state index contributed by atoms with van der Waals surface area (Å²) >= 11 is 0. The second kappa shape index (κ2) is 11.1. The number of aromatic hydroxyl groups is 1. The number of hydrogen-bond acceptors (Lipinski definition) is 8. The SMILES string of the molecule is COC(=O)N(NC(=O)c1c(CN2CCc3c(O)noc3C2)c(-c2ccccc2)nc2ccccc12)c1ccccc1. The molecule has 0 unspecified atom stereocenters. The molecule has 10 nitrogen and oxygen atoms in total. The topological polar surface area (TPSA) is 121 Å². The number of ether oxygens (including phenoxy) is 1. The van der Waals surface area contributed by atoms with Crippen LogP contribution in [0.2, 0.25) is 0 Å². The van der Waals surface area contributed by atoms with Gasteiger partial charge in [0.25, 0.3) is 11.8 Å². The largest absolute Gasteiger partial charge is 0.491 e. The van der Waals surface area contributed by atoms with Crippen molar-refractivity contribution in [2.24, 2.45) is 0 Å². The molecule has 0 spiro atoms. The molecule has 2 aromatic heterocycles. The summed E-state index contributed by atoms with van der Waals surface area (Å²) in [7, 11) is 1.26. The average Bonchev–Trinajstić information content (AvgIpc) is 3.39. The van der Waals surface area contributed by atoms with Crippen molar-refractivity contribution in [1.82, 2.24) is 20.5 Å². The van der Waals surface area contributed by atoms with Crippen molar-refractivity contribution in [3.8, 4) is 17.1 Å². The van der Waals surface area contributed by atoms with E-state index in [9.17, 15) is 14.7 Å². The Morgan fingerprint density at radius 2 is 1.73 bits per heavy atom. The molecule has 1 aliphatic rings. The van der Waals surface area contributed by atoms with Crippen molar-refractivity contribution in [3.05, 3.63) is 107 Å². The minimum absolute atomic E-state index is 0.0825. The number of anilines is 1. The van der Waals surface area contributed by atoms with E-state index in [0.717, 1.165) is 10.6 Å². The van der Waals surface area contributed by atoms with Gasteiger partial charge in [-0.15, -0.1) is 0 Å². The van der Waals surface area contributed by atoms with Gasteiger partial charge in [0.05, 0.1) is 41.7 Å². The number of carbonyl (C=O) groups is 2. The van der Waals surface area contributed by atoms with Gasteiger partial charge in [-0.3, -0.25) is 15.1 Å². The van der Waals surface area contributed by atoms with Crippen LogP contribution >= 0.6 is 0 Å². The fourth-order valence-corrected chi connectivity index (χ4v) is 5.16. The van der Waals surface area contributed by atoms with Gasteiger partial charge < -0.3 is 14.4 Å². The van der Waals surface area contributed by atoms with E-state index in [-0.39, 0.29) is 5.88 Å². The van der Waals surface area contributed by atoms with Gasteiger partial charge in [-0.05, 0) is 29.8 Å². The summed E-state index contributed by atoms with van der Waals surface area (Å²) in [6, 6.07) is 25.9. The third kappa shape index (κ3) is 5.08. The highest BCUT2D eigenvalue weighted by Crippen LogP contribution is 2.34. The van der Waals surface area contributed by atoms with Crippen molar-refractivity contribution < 1.29 is 24.0 Å². The monoisotopic (exact) mass is 549 g/mol. The molecule has 3 aromatic carbocycles. The Kier molecular flexibility index (Phi) is 7.05. The number of hydrogen-bond donors (Lipinski definition) is 2. The summed E-state index contributed by atoms with van der Waals surface area (Å²) in [5, 5.41) is 15.5. The van der Waals surface area contributed by atoms with Crippen molar-refractivity contribution in [2.45, 2.75) is 19.5 Å². The highest BCUT2D eigenvalue weighted by Gasteiger charge is 2.29. The van der Waals surface area contributed by atoms with Crippen LogP contribution in [-0.4, -0.2) is 45.8 Å². The lowest BCUT2D eigenvalue weighted by molar-refractivity contribution is 0.0940. The van der Waals surface area contributed by atoms with Gasteiger partial charge >= 0.3 is 6.09 Å². The van der Waals surface area contributed by atoms with Crippen LogP contribution in [0.15, 0.2) is 89.5 Å². The fourth-order valence-electron chi connectivity index (χ4n) is 5.16. The molecule has 3 heterocycles. The first-order chi connectivity index (χ1) is 20.0. The van der Waals surface area contributed by atoms with Crippen molar-refractivity contribution >= 4 is 28.6 Å². The molecule has 1 aliphatic heterocycles. The number of nitrogens with one attached hydrogen (secondary N) is 1.